The third-order valence-corrected chi connectivity index (χ3v) is 7.29. The van der Waals surface area contributed by atoms with E-state index in [2.05, 4.69) is 27.4 Å². The van der Waals surface area contributed by atoms with Crippen molar-refractivity contribution in [1.82, 2.24) is 0 Å². The van der Waals surface area contributed by atoms with Crippen LogP contribution in [0, 0.1) is 0 Å². The molecule has 0 spiro atoms. The highest BCUT2D eigenvalue weighted by molar-refractivity contribution is 6.60. The van der Waals surface area contributed by atoms with Crippen molar-refractivity contribution in [3.8, 4) is 0 Å². The van der Waals surface area contributed by atoms with E-state index < -0.39 is 8.80 Å². The number of unbranched alkanes of at least 4 members (excludes halogenated alkanes) is 1. The van der Waals surface area contributed by atoms with Gasteiger partial charge < -0.3 is 9.47 Å². The first-order chi connectivity index (χ1) is 9.02. The Bertz CT molecular complexity index is 266. The van der Waals surface area contributed by atoms with E-state index in [1.807, 2.05) is 0 Å². The molecule has 4 heteroatoms. The van der Waals surface area contributed by atoms with Crippen LogP contribution in [-0.4, -0.2) is 33.7 Å². The van der Waals surface area contributed by atoms with E-state index in [0.717, 1.165) is 19.4 Å². The normalized spacial score (nSPS) is 13.9. The van der Waals surface area contributed by atoms with Crippen LogP contribution in [0.3, 0.4) is 0 Å². The largest absolute Gasteiger partial charge is 0.462 e. The van der Waals surface area contributed by atoms with Crippen molar-refractivity contribution in [2.75, 3.05) is 13.2 Å². The SMILES string of the molecule is C=C(C)C(=O)OCCCC[SiH](CCC)C(C)OCC. The molecule has 0 saturated carbocycles. The van der Waals surface area contributed by atoms with Gasteiger partial charge in [-0.1, -0.05) is 38.4 Å². The molecule has 112 valence electrons. The molecule has 0 aliphatic heterocycles. The second-order valence-corrected chi connectivity index (χ2v) is 8.73. The lowest BCUT2D eigenvalue weighted by Gasteiger charge is -2.22. The second kappa shape index (κ2) is 11.2. The van der Waals surface area contributed by atoms with Crippen molar-refractivity contribution in [2.24, 2.45) is 0 Å². The van der Waals surface area contributed by atoms with Gasteiger partial charge in [-0.25, -0.2) is 4.79 Å². The van der Waals surface area contributed by atoms with Crippen LogP contribution in [0.15, 0.2) is 12.2 Å². The molecule has 0 N–H and O–H groups in total. The standard InChI is InChI=1S/C15H30O3Si/c1-6-11-19(14(5)17-7-2)12-9-8-10-18-15(16)13(3)4/h14,19H,3,6-12H2,1-2,4-5H3. The summed E-state index contributed by atoms with van der Waals surface area (Å²) in [7, 11) is -0.813. The van der Waals surface area contributed by atoms with E-state index in [1.54, 1.807) is 6.92 Å². The summed E-state index contributed by atoms with van der Waals surface area (Å²) in [6, 6.07) is 2.62. The van der Waals surface area contributed by atoms with Crippen LogP contribution in [0.4, 0.5) is 0 Å². The van der Waals surface area contributed by atoms with E-state index in [4.69, 9.17) is 9.47 Å². The van der Waals surface area contributed by atoms with Crippen molar-refractivity contribution < 1.29 is 14.3 Å². The summed E-state index contributed by atoms with van der Waals surface area (Å²) in [5.41, 5.74) is 0.936. The zero-order valence-electron chi connectivity index (χ0n) is 13.0. The van der Waals surface area contributed by atoms with Crippen molar-refractivity contribution in [3.63, 3.8) is 0 Å². The third-order valence-electron chi connectivity index (χ3n) is 3.30. The molecule has 0 bridgehead atoms. The molecule has 19 heavy (non-hydrogen) atoms. The summed E-state index contributed by atoms with van der Waals surface area (Å²) in [6.45, 7) is 13.1. The Morgan fingerprint density at radius 1 is 1.26 bits per heavy atom. The van der Waals surface area contributed by atoms with Crippen LogP contribution in [0.1, 0.15) is 47.0 Å². The molecule has 0 aromatic rings. The fourth-order valence-electron chi connectivity index (χ4n) is 2.18. The molecule has 2 atom stereocenters. The number of hydrogen-bond acceptors (Lipinski definition) is 3. The minimum absolute atomic E-state index is 0.273. The summed E-state index contributed by atoms with van der Waals surface area (Å²) >= 11 is 0. The lowest BCUT2D eigenvalue weighted by molar-refractivity contribution is -0.139. The molecule has 0 aliphatic rings. The molecule has 0 aliphatic carbocycles. The number of carbonyl (C=O) groups is 1. The predicted molar refractivity (Wildman–Crippen MR) is 83.1 cm³/mol. The summed E-state index contributed by atoms with van der Waals surface area (Å²) in [5, 5.41) is 0. The maximum atomic E-state index is 11.2. The highest BCUT2D eigenvalue weighted by Gasteiger charge is 2.18. The quantitative estimate of drug-likeness (QED) is 0.252. The maximum Gasteiger partial charge on any atom is 0.333 e. The lowest BCUT2D eigenvalue weighted by Crippen LogP contribution is -2.30. The zero-order valence-corrected chi connectivity index (χ0v) is 14.2. The van der Waals surface area contributed by atoms with Crippen LogP contribution < -0.4 is 0 Å². The summed E-state index contributed by atoms with van der Waals surface area (Å²) < 4.78 is 10.8. The Hall–Kier alpha value is -0.613. The first kappa shape index (κ1) is 18.4. The number of carbonyl (C=O) groups excluding carboxylic acids is 1. The summed E-state index contributed by atoms with van der Waals surface area (Å²) in [4.78, 5) is 11.2. The van der Waals surface area contributed by atoms with E-state index in [1.165, 1.54) is 18.5 Å². The average molecular weight is 286 g/mol. The van der Waals surface area contributed by atoms with Crippen molar-refractivity contribution >= 4 is 14.8 Å². The molecule has 2 unspecified atom stereocenters. The fraction of sp³-hybridized carbons (Fsp3) is 0.800. The van der Waals surface area contributed by atoms with Gasteiger partial charge in [-0.05, 0) is 27.2 Å². The molecule has 0 rings (SSSR count). The Morgan fingerprint density at radius 2 is 1.95 bits per heavy atom. The molecule has 0 aromatic heterocycles. The van der Waals surface area contributed by atoms with Gasteiger partial charge in [-0.15, -0.1) is 0 Å². The Balaban J connectivity index is 3.80. The summed E-state index contributed by atoms with van der Waals surface area (Å²) in [6.07, 6.45) is 3.34. The molecule has 0 amide bonds. The number of rotatable bonds is 11. The second-order valence-electron chi connectivity index (χ2n) is 5.12. The van der Waals surface area contributed by atoms with Gasteiger partial charge in [0.1, 0.15) is 0 Å². The van der Waals surface area contributed by atoms with Gasteiger partial charge >= 0.3 is 5.97 Å². The molecule has 0 radical (unpaired) electrons. The maximum absolute atomic E-state index is 11.2. The number of ether oxygens (including phenoxy) is 2. The monoisotopic (exact) mass is 286 g/mol. The Labute approximate surface area is 120 Å². The topological polar surface area (TPSA) is 35.5 Å². The minimum Gasteiger partial charge on any atom is -0.462 e. The van der Waals surface area contributed by atoms with Crippen LogP contribution in [-0.2, 0) is 14.3 Å². The molecular formula is C15H30O3Si. The van der Waals surface area contributed by atoms with Gasteiger partial charge in [0, 0.05) is 17.9 Å². The van der Waals surface area contributed by atoms with Gasteiger partial charge in [-0.2, -0.15) is 0 Å². The van der Waals surface area contributed by atoms with Gasteiger partial charge in [0.2, 0.25) is 0 Å². The Kier molecular flexibility index (Phi) is 10.9. The van der Waals surface area contributed by atoms with Gasteiger partial charge in [0.25, 0.3) is 0 Å². The minimum atomic E-state index is -0.813. The first-order valence-electron chi connectivity index (χ1n) is 7.47. The van der Waals surface area contributed by atoms with Crippen LogP contribution in [0.25, 0.3) is 0 Å². The van der Waals surface area contributed by atoms with E-state index in [-0.39, 0.29) is 5.97 Å². The highest BCUT2D eigenvalue weighted by Crippen LogP contribution is 2.14. The Morgan fingerprint density at radius 3 is 2.47 bits per heavy atom. The molecule has 0 saturated heterocycles. The number of esters is 1. The third kappa shape index (κ3) is 9.00. The lowest BCUT2D eigenvalue weighted by atomic mass is 10.3. The number of hydrogen-bond donors (Lipinski definition) is 0. The fourth-order valence-corrected chi connectivity index (χ4v) is 5.43. The van der Waals surface area contributed by atoms with Gasteiger partial charge in [-0.3, -0.25) is 0 Å². The van der Waals surface area contributed by atoms with E-state index in [0.29, 0.717) is 17.9 Å². The molecule has 0 aromatic carbocycles. The highest BCUT2D eigenvalue weighted by atomic mass is 28.3. The van der Waals surface area contributed by atoms with E-state index >= 15 is 0 Å². The van der Waals surface area contributed by atoms with Crippen molar-refractivity contribution in [3.05, 3.63) is 12.2 Å². The molecular weight excluding hydrogens is 256 g/mol. The van der Waals surface area contributed by atoms with E-state index in [9.17, 15) is 4.79 Å². The molecule has 0 fully saturated rings. The van der Waals surface area contributed by atoms with Crippen LogP contribution in [0.2, 0.25) is 12.1 Å². The average Bonchev–Trinajstić information content (AvgIpc) is 2.36. The molecule has 3 nitrogen and oxygen atoms in total. The van der Waals surface area contributed by atoms with Gasteiger partial charge in [0.15, 0.2) is 0 Å². The molecule has 0 heterocycles. The summed E-state index contributed by atoms with van der Waals surface area (Å²) in [5.74, 6) is -0.273. The zero-order chi connectivity index (χ0) is 14.7. The van der Waals surface area contributed by atoms with Crippen molar-refractivity contribution in [1.29, 1.82) is 0 Å². The van der Waals surface area contributed by atoms with Crippen LogP contribution >= 0.6 is 0 Å². The predicted octanol–water partition coefficient (Wildman–Crippen LogP) is 3.49. The smallest absolute Gasteiger partial charge is 0.333 e. The van der Waals surface area contributed by atoms with Gasteiger partial charge in [0.05, 0.1) is 15.4 Å². The first-order valence-corrected chi connectivity index (χ1v) is 9.77. The van der Waals surface area contributed by atoms with Crippen molar-refractivity contribution in [2.45, 2.75) is 64.8 Å². The van der Waals surface area contributed by atoms with Crippen LogP contribution in [0.5, 0.6) is 0 Å².